The zero-order valence-electron chi connectivity index (χ0n) is 17.9. The maximum atomic E-state index is 15.1. The van der Waals surface area contributed by atoms with Gasteiger partial charge in [-0.1, -0.05) is 0 Å². The second kappa shape index (κ2) is 8.80. The molecule has 33 heavy (non-hydrogen) atoms. The van der Waals surface area contributed by atoms with Crippen LogP contribution in [0.2, 0.25) is 0 Å². The first-order chi connectivity index (χ1) is 15.6. The number of carbonyl (C=O) groups is 1. The number of rotatable bonds is 4. The van der Waals surface area contributed by atoms with Gasteiger partial charge in [-0.05, 0) is 43.7 Å². The average molecular weight is 475 g/mol. The number of nitriles is 1. The SMILES string of the molecule is CC1=NC2(c3cc(NC(=O)c4ccc(C#N)cn4)ccc3F)COC(C(C)(F)F)CC2CS1. The number of hydrogen-bond donors (Lipinski definition) is 1. The number of halogens is 3. The lowest BCUT2D eigenvalue weighted by Gasteiger charge is -2.47. The van der Waals surface area contributed by atoms with Crippen molar-refractivity contribution in [3.63, 3.8) is 0 Å². The van der Waals surface area contributed by atoms with E-state index in [1.54, 1.807) is 6.92 Å². The third kappa shape index (κ3) is 4.61. The van der Waals surface area contributed by atoms with Crippen LogP contribution in [-0.2, 0) is 10.3 Å². The van der Waals surface area contributed by atoms with E-state index in [1.165, 1.54) is 48.3 Å². The highest BCUT2D eigenvalue weighted by molar-refractivity contribution is 8.13. The molecule has 3 unspecified atom stereocenters. The minimum Gasteiger partial charge on any atom is -0.369 e. The van der Waals surface area contributed by atoms with Crippen molar-refractivity contribution in [1.29, 1.82) is 5.26 Å². The van der Waals surface area contributed by atoms with Crippen LogP contribution < -0.4 is 5.32 Å². The first kappa shape index (κ1) is 23.3. The Morgan fingerprint density at radius 1 is 1.36 bits per heavy atom. The largest absolute Gasteiger partial charge is 0.369 e. The fourth-order valence-electron chi connectivity index (χ4n) is 4.17. The number of nitrogens with one attached hydrogen (secondary N) is 1. The van der Waals surface area contributed by atoms with Crippen LogP contribution in [-0.4, -0.2) is 40.3 Å². The van der Waals surface area contributed by atoms with Crippen LogP contribution in [0.25, 0.3) is 0 Å². The van der Waals surface area contributed by atoms with E-state index in [4.69, 9.17) is 15.0 Å². The fourth-order valence-corrected chi connectivity index (χ4v) is 5.25. The first-order valence-corrected chi connectivity index (χ1v) is 11.3. The number of nitrogens with zero attached hydrogens (tertiary/aromatic N) is 3. The molecule has 2 aliphatic rings. The maximum Gasteiger partial charge on any atom is 0.274 e. The number of thioether (sulfide) groups is 1. The van der Waals surface area contributed by atoms with Crippen LogP contribution in [0.1, 0.15) is 41.9 Å². The van der Waals surface area contributed by atoms with Crippen molar-refractivity contribution in [3.8, 4) is 6.07 Å². The van der Waals surface area contributed by atoms with Gasteiger partial charge in [-0.3, -0.25) is 9.79 Å². The third-order valence-electron chi connectivity index (χ3n) is 5.91. The van der Waals surface area contributed by atoms with Gasteiger partial charge in [-0.2, -0.15) is 5.26 Å². The number of benzene rings is 1. The average Bonchev–Trinajstić information content (AvgIpc) is 2.79. The quantitative estimate of drug-likeness (QED) is 0.690. The van der Waals surface area contributed by atoms with Crippen LogP contribution in [0.5, 0.6) is 0 Å². The van der Waals surface area contributed by atoms with E-state index >= 15 is 4.39 Å². The zero-order chi connectivity index (χ0) is 23.8. The Bertz CT molecular complexity index is 1140. The predicted octanol–water partition coefficient (Wildman–Crippen LogP) is 4.77. The number of aromatic nitrogens is 1. The van der Waals surface area contributed by atoms with E-state index in [0.717, 1.165) is 6.92 Å². The summed E-state index contributed by atoms with van der Waals surface area (Å²) in [4.78, 5) is 21.2. The van der Waals surface area contributed by atoms with E-state index in [2.05, 4.69) is 10.3 Å². The van der Waals surface area contributed by atoms with Gasteiger partial charge in [0.05, 0.1) is 17.2 Å². The fraction of sp³-hybridized carbons (Fsp3) is 0.391. The molecule has 3 atom stereocenters. The van der Waals surface area contributed by atoms with Gasteiger partial charge < -0.3 is 10.1 Å². The second-order valence-corrected chi connectivity index (χ2v) is 9.46. The van der Waals surface area contributed by atoms with Crippen LogP contribution in [0.3, 0.4) is 0 Å². The molecule has 3 heterocycles. The summed E-state index contributed by atoms with van der Waals surface area (Å²) in [5.41, 5.74) is -0.250. The van der Waals surface area contributed by atoms with Crippen molar-refractivity contribution in [2.24, 2.45) is 10.9 Å². The summed E-state index contributed by atoms with van der Waals surface area (Å²) < 4.78 is 48.5. The molecule has 1 aromatic carbocycles. The number of fused-ring (bicyclic) bond motifs is 1. The van der Waals surface area contributed by atoms with E-state index in [0.29, 0.717) is 22.0 Å². The second-order valence-electron chi connectivity index (χ2n) is 8.25. The number of aliphatic imine (C=N–C) groups is 1. The first-order valence-electron chi connectivity index (χ1n) is 10.3. The van der Waals surface area contributed by atoms with Gasteiger partial charge in [0, 0.05) is 36.0 Å². The smallest absolute Gasteiger partial charge is 0.274 e. The Hall–Kier alpha value is -2.90. The molecule has 0 saturated carbocycles. The summed E-state index contributed by atoms with van der Waals surface area (Å²) in [5.74, 6) is -3.96. The van der Waals surface area contributed by atoms with Gasteiger partial charge in [-0.25, -0.2) is 18.2 Å². The number of carbonyl (C=O) groups excluding carboxylic acids is 1. The summed E-state index contributed by atoms with van der Waals surface area (Å²) in [6, 6.07) is 8.92. The Morgan fingerprint density at radius 3 is 2.82 bits per heavy atom. The van der Waals surface area contributed by atoms with Gasteiger partial charge in [0.2, 0.25) is 0 Å². The molecule has 0 aliphatic carbocycles. The van der Waals surface area contributed by atoms with Crippen LogP contribution in [0.15, 0.2) is 41.5 Å². The van der Waals surface area contributed by atoms with Gasteiger partial charge in [0.25, 0.3) is 11.8 Å². The highest BCUT2D eigenvalue weighted by atomic mass is 32.2. The number of ether oxygens (including phenoxy) is 1. The van der Waals surface area contributed by atoms with Crippen molar-refractivity contribution >= 4 is 28.4 Å². The van der Waals surface area contributed by atoms with Crippen molar-refractivity contribution < 1.29 is 22.7 Å². The lowest BCUT2D eigenvalue weighted by Crippen LogP contribution is -2.53. The Kier molecular flexibility index (Phi) is 6.20. The standard InChI is InChI=1S/C23H21F3N4O2S/c1-13-30-23(12-32-20(22(2,25)26)7-15(23)11-33-13)17-8-16(4-5-18(17)24)29-21(31)19-6-3-14(9-27)10-28-19/h3-6,8,10,15,20H,7,11-12H2,1-2H3,(H,29,31). The highest BCUT2D eigenvalue weighted by Crippen LogP contribution is 2.49. The molecular formula is C23H21F3N4O2S. The monoisotopic (exact) mass is 474 g/mol. The van der Waals surface area contributed by atoms with Crippen LogP contribution >= 0.6 is 11.8 Å². The lowest BCUT2D eigenvalue weighted by atomic mass is 9.74. The van der Waals surface area contributed by atoms with E-state index in [1.807, 2.05) is 6.07 Å². The molecule has 1 aromatic heterocycles. The van der Waals surface area contributed by atoms with Crippen molar-refractivity contribution in [3.05, 3.63) is 59.2 Å². The molecule has 10 heteroatoms. The number of hydrogen-bond acceptors (Lipinski definition) is 6. The summed E-state index contributed by atoms with van der Waals surface area (Å²) in [5, 5.41) is 12.3. The van der Waals surface area contributed by atoms with Crippen molar-refractivity contribution in [2.45, 2.75) is 37.8 Å². The number of anilines is 1. The zero-order valence-corrected chi connectivity index (χ0v) is 18.8. The maximum absolute atomic E-state index is 15.1. The minimum atomic E-state index is -3.02. The Labute approximate surface area is 193 Å². The summed E-state index contributed by atoms with van der Waals surface area (Å²) in [6.45, 7) is 2.43. The highest BCUT2D eigenvalue weighted by Gasteiger charge is 2.53. The molecule has 4 rings (SSSR count). The third-order valence-corrected chi connectivity index (χ3v) is 6.99. The van der Waals surface area contributed by atoms with Crippen molar-refractivity contribution in [1.82, 2.24) is 4.98 Å². The molecule has 172 valence electrons. The van der Waals surface area contributed by atoms with Crippen LogP contribution in [0.4, 0.5) is 18.9 Å². The molecule has 0 bridgehead atoms. The van der Waals surface area contributed by atoms with Gasteiger partial charge in [0.1, 0.15) is 29.2 Å². The molecule has 1 N–H and O–H groups in total. The summed E-state index contributed by atoms with van der Waals surface area (Å²) in [7, 11) is 0. The van der Waals surface area contributed by atoms with Crippen LogP contribution in [0, 0.1) is 23.1 Å². The van der Waals surface area contributed by atoms with E-state index in [9.17, 15) is 13.6 Å². The lowest BCUT2D eigenvalue weighted by molar-refractivity contribution is -0.170. The normalized spacial score (nSPS) is 24.9. The summed E-state index contributed by atoms with van der Waals surface area (Å²) in [6.07, 6.45) is 0.0574. The summed E-state index contributed by atoms with van der Waals surface area (Å²) >= 11 is 1.46. The molecule has 0 spiro atoms. The van der Waals surface area contributed by atoms with E-state index < -0.39 is 29.3 Å². The molecule has 6 nitrogen and oxygen atoms in total. The van der Waals surface area contributed by atoms with Crippen molar-refractivity contribution in [2.75, 3.05) is 17.7 Å². The van der Waals surface area contributed by atoms with Gasteiger partial charge in [-0.15, -0.1) is 11.8 Å². The number of amides is 1. The molecular weight excluding hydrogens is 453 g/mol. The predicted molar refractivity (Wildman–Crippen MR) is 119 cm³/mol. The Morgan fingerprint density at radius 2 is 2.15 bits per heavy atom. The van der Waals surface area contributed by atoms with Gasteiger partial charge >= 0.3 is 0 Å². The topological polar surface area (TPSA) is 87.4 Å². The minimum absolute atomic E-state index is 0.0401. The molecule has 1 saturated heterocycles. The molecule has 1 fully saturated rings. The molecule has 0 radical (unpaired) electrons. The number of alkyl halides is 2. The molecule has 1 amide bonds. The van der Waals surface area contributed by atoms with E-state index in [-0.39, 0.29) is 30.2 Å². The Balaban J connectivity index is 1.66. The molecule has 2 aliphatic heterocycles. The molecule has 2 aromatic rings. The van der Waals surface area contributed by atoms with Gasteiger partial charge in [0.15, 0.2) is 0 Å². The number of pyridine rings is 1.